The Hall–Kier alpha value is -1.37. The summed E-state index contributed by atoms with van der Waals surface area (Å²) in [6.07, 6.45) is 1.01. The zero-order chi connectivity index (χ0) is 16.8. The Morgan fingerprint density at radius 3 is 2.61 bits per heavy atom. The van der Waals surface area contributed by atoms with Crippen LogP contribution in [0.4, 0.5) is 0 Å². The Balaban J connectivity index is 2.03. The van der Waals surface area contributed by atoms with Crippen LogP contribution < -0.4 is 10.0 Å². The molecule has 2 aromatic rings. The molecular formula is C19H22ClO2P. The zero-order valence-corrected chi connectivity index (χ0v) is 15.5. The minimum absolute atomic E-state index is 0.0192. The zero-order valence-electron chi connectivity index (χ0n) is 13.7. The lowest BCUT2D eigenvalue weighted by atomic mass is 10.1. The van der Waals surface area contributed by atoms with Gasteiger partial charge in [0.05, 0.1) is 11.6 Å². The Morgan fingerprint density at radius 1 is 1.22 bits per heavy atom. The second-order valence-electron chi connectivity index (χ2n) is 5.94. The van der Waals surface area contributed by atoms with E-state index in [4.69, 9.17) is 16.3 Å². The molecule has 0 aliphatic rings. The van der Waals surface area contributed by atoms with Gasteiger partial charge >= 0.3 is 0 Å². The second kappa shape index (κ2) is 8.47. The Labute approximate surface area is 145 Å². The fourth-order valence-corrected chi connectivity index (χ4v) is 3.45. The van der Waals surface area contributed by atoms with Gasteiger partial charge in [-0.05, 0) is 56.9 Å². The van der Waals surface area contributed by atoms with Crippen molar-refractivity contribution >= 4 is 31.0 Å². The van der Waals surface area contributed by atoms with Gasteiger partial charge in [0, 0.05) is 5.56 Å². The summed E-state index contributed by atoms with van der Waals surface area (Å²) in [4.78, 5) is 12.4. The largest absolute Gasteiger partial charge is 0.494 e. The lowest BCUT2D eigenvalue weighted by Gasteiger charge is -2.10. The first-order valence-corrected chi connectivity index (χ1v) is 9.14. The van der Waals surface area contributed by atoms with Crippen LogP contribution in [0.2, 0.25) is 5.02 Å². The molecule has 0 bridgehead atoms. The van der Waals surface area contributed by atoms with E-state index in [1.54, 1.807) is 6.07 Å². The summed E-state index contributed by atoms with van der Waals surface area (Å²) >= 11 is 6.32. The van der Waals surface area contributed by atoms with Gasteiger partial charge in [-0.1, -0.05) is 49.7 Å². The van der Waals surface area contributed by atoms with E-state index in [0.29, 0.717) is 17.5 Å². The topological polar surface area (TPSA) is 26.3 Å². The number of benzene rings is 2. The van der Waals surface area contributed by atoms with Crippen molar-refractivity contribution in [3.05, 3.63) is 58.6 Å². The molecule has 0 aliphatic carbocycles. The highest BCUT2D eigenvalue weighted by atomic mass is 35.5. The van der Waals surface area contributed by atoms with E-state index in [1.165, 1.54) is 0 Å². The van der Waals surface area contributed by atoms with Gasteiger partial charge < -0.3 is 4.74 Å². The molecule has 0 radical (unpaired) electrons. The highest BCUT2D eigenvalue weighted by Gasteiger charge is 2.12. The third-order valence-electron chi connectivity index (χ3n) is 3.54. The molecule has 2 nitrogen and oxygen atoms in total. The Bertz CT molecular complexity index is 683. The Kier molecular flexibility index (Phi) is 6.62. The van der Waals surface area contributed by atoms with E-state index < -0.39 is 0 Å². The lowest BCUT2D eigenvalue weighted by molar-refractivity contribution is 0.108. The third-order valence-corrected chi connectivity index (χ3v) is 5.22. The molecule has 2 rings (SSSR count). The summed E-state index contributed by atoms with van der Waals surface area (Å²) in [6.45, 7) is 6.96. The van der Waals surface area contributed by atoms with E-state index in [9.17, 15) is 4.79 Å². The first-order valence-electron chi connectivity index (χ1n) is 7.76. The van der Waals surface area contributed by atoms with Crippen LogP contribution in [0.5, 0.6) is 5.75 Å². The van der Waals surface area contributed by atoms with Crippen LogP contribution >= 0.6 is 20.2 Å². The molecule has 0 N–H and O–H groups in total. The summed E-state index contributed by atoms with van der Waals surface area (Å²) < 4.78 is 5.70. The molecule has 0 aliphatic heterocycles. The van der Waals surface area contributed by atoms with E-state index in [-0.39, 0.29) is 14.1 Å². The maximum atomic E-state index is 12.4. The molecule has 4 heteroatoms. The number of carbonyl (C=O) groups excluding carboxylic acids is 1. The van der Waals surface area contributed by atoms with Crippen LogP contribution in [0, 0.1) is 12.8 Å². The van der Waals surface area contributed by atoms with Gasteiger partial charge in [-0.25, -0.2) is 0 Å². The van der Waals surface area contributed by atoms with Crippen molar-refractivity contribution < 1.29 is 9.53 Å². The predicted octanol–water partition coefficient (Wildman–Crippen LogP) is 5.22. The third kappa shape index (κ3) is 5.34. The van der Waals surface area contributed by atoms with Crippen molar-refractivity contribution in [1.82, 2.24) is 0 Å². The molecule has 0 fully saturated rings. The Morgan fingerprint density at radius 2 is 1.96 bits per heavy atom. The second-order valence-corrected chi connectivity index (χ2v) is 7.59. The summed E-state index contributed by atoms with van der Waals surface area (Å²) in [5, 5.41) is 1.45. The molecule has 1 unspecified atom stereocenters. The normalized spacial score (nSPS) is 11.3. The van der Waals surface area contributed by atoms with Crippen LogP contribution in [0.25, 0.3) is 0 Å². The number of rotatable bonds is 7. The summed E-state index contributed by atoms with van der Waals surface area (Å²) in [6, 6.07) is 13.2. The van der Waals surface area contributed by atoms with Gasteiger partial charge in [0.15, 0.2) is 5.52 Å². The molecule has 2 aromatic carbocycles. The molecule has 1 atom stereocenters. The number of carbonyl (C=O) groups is 1. The number of hydrogen-bond acceptors (Lipinski definition) is 2. The van der Waals surface area contributed by atoms with Crippen molar-refractivity contribution in [2.45, 2.75) is 27.2 Å². The van der Waals surface area contributed by atoms with Crippen molar-refractivity contribution in [3.8, 4) is 5.75 Å². The molecule has 0 spiro atoms. The quantitative estimate of drug-likeness (QED) is 0.641. The van der Waals surface area contributed by atoms with E-state index in [0.717, 1.165) is 28.6 Å². The van der Waals surface area contributed by atoms with Crippen LogP contribution in [0.3, 0.4) is 0 Å². The fourth-order valence-electron chi connectivity index (χ4n) is 2.12. The van der Waals surface area contributed by atoms with Crippen LogP contribution in [-0.2, 0) is 0 Å². The van der Waals surface area contributed by atoms with Crippen LogP contribution in [0.15, 0.2) is 42.5 Å². The van der Waals surface area contributed by atoms with Crippen molar-refractivity contribution in [2.24, 2.45) is 5.92 Å². The van der Waals surface area contributed by atoms with Crippen LogP contribution in [0.1, 0.15) is 36.2 Å². The molecule has 0 amide bonds. The summed E-state index contributed by atoms with van der Waals surface area (Å²) in [7, 11) is 0.0192. The molecule has 0 aromatic heterocycles. The van der Waals surface area contributed by atoms with Gasteiger partial charge in [0.1, 0.15) is 5.75 Å². The van der Waals surface area contributed by atoms with Gasteiger partial charge in [0.25, 0.3) is 0 Å². The number of aryl methyl sites for hydroxylation is 1. The summed E-state index contributed by atoms with van der Waals surface area (Å²) in [5.41, 5.74) is 1.87. The molecule has 23 heavy (non-hydrogen) atoms. The fraction of sp³-hybridized carbons (Fsp3) is 0.316. The number of halogens is 1. The van der Waals surface area contributed by atoms with Crippen LogP contribution in [-0.4, -0.2) is 12.1 Å². The minimum Gasteiger partial charge on any atom is -0.494 e. The summed E-state index contributed by atoms with van der Waals surface area (Å²) in [5.74, 6) is 1.37. The monoisotopic (exact) mass is 348 g/mol. The first-order chi connectivity index (χ1) is 11.0. The standard InChI is InChI=1S/C19H22ClO2P/c1-13(2)10-11-22-15-8-9-18(17(20)12-15)23-19(21)16-7-5-4-6-14(16)3/h4-9,12-13,23H,10-11H2,1-3H3. The van der Waals surface area contributed by atoms with E-state index in [1.807, 2.05) is 43.3 Å². The molecule has 0 heterocycles. The maximum absolute atomic E-state index is 12.4. The van der Waals surface area contributed by atoms with Gasteiger partial charge in [-0.15, -0.1) is 0 Å². The van der Waals surface area contributed by atoms with Crippen molar-refractivity contribution in [1.29, 1.82) is 0 Å². The highest BCUT2D eigenvalue weighted by molar-refractivity contribution is 7.66. The predicted molar refractivity (Wildman–Crippen MR) is 99.9 cm³/mol. The molecule has 0 saturated heterocycles. The average molecular weight is 349 g/mol. The smallest absolute Gasteiger partial charge is 0.185 e. The SMILES string of the molecule is Cc1ccccc1C(=O)Pc1ccc(OCCC(C)C)cc1Cl. The molecule has 0 saturated carbocycles. The van der Waals surface area contributed by atoms with Gasteiger partial charge in [-0.3, -0.25) is 4.79 Å². The van der Waals surface area contributed by atoms with Crippen molar-refractivity contribution in [3.63, 3.8) is 0 Å². The minimum atomic E-state index is 0.0192. The van der Waals surface area contributed by atoms with Gasteiger partial charge in [0.2, 0.25) is 0 Å². The maximum Gasteiger partial charge on any atom is 0.185 e. The highest BCUT2D eigenvalue weighted by Crippen LogP contribution is 2.27. The first kappa shape index (κ1) is 18.0. The van der Waals surface area contributed by atoms with E-state index in [2.05, 4.69) is 13.8 Å². The average Bonchev–Trinajstić information content (AvgIpc) is 2.50. The number of hydrogen-bond donors (Lipinski definition) is 0. The van der Waals surface area contributed by atoms with E-state index >= 15 is 0 Å². The molecular weight excluding hydrogens is 327 g/mol. The van der Waals surface area contributed by atoms with Gasteiger partial charge in [-0.2, -0.15) is 0 Å². The lowest BCUT2D eigenvalue weighted by Crippen LogP contribution is -2.06. The van der Waals surface area contributed by atoms with Crippen molar-refractivity contribution in [2.75, 3.05) is 6.61 Å². The molecule has 122 valence electrons. The number of ether oxygens (including phenoxy) is 1.